The topological polar surface area (TPSA) is 87.2 Å². The highest BCUT2D eigenvalue weighted by Gasteiger charge is 2.60. The first-order valence-corrected chi connectivity index (χ1v) is 11.1. The third-order valence-corrected chi connectivity index (χ3v) is 6.32. The minimum absolute atomic E-state index is 0.366. The summed E-state index contributed by atoms with van der Waals surface area (Å²) in [6.07, 6.45) is 5.47. The van der Waals surface area contributed by atoms with E-state index >= 15 is 0 Å². The first-order valence-electron chi connectivity index (χ1n) is 11.1. The second-order valence-corrected chi connectivity index (χ2v) is 8.40. The Bertz CT molecular complexity index is 1260. The number of nitrogens with zero attached hydrogens (tertiary/aromatic N) is 2. The number of amidine groups is 1. The Labute approximate surface area is 197 Å². The van der Waals surface area contributed by atoms with E-state index in [4.69, 9.17) is 9.57 Å². The molecular weight excluding hydrogens is 437 g/mol. The van der Waals surface area contributed by atoms with Gasteiger partial charge in [0.2, 0.25) is 0 Å². The van der Waals surface area contributed by atoms with Crippen LogP contribution < -0.4 is 20.7 Å². The molecule has 9 heteroatoms. The number of oxime groups is 1. The van der Waals surface area contributed by atoms with Crippen LogP contribution in [0.4, 0.5) is 15.8 Å². The third kappa shape index (κ3) is 3.44. The maximum absolute atomic E-state index is 14.1. The van der Waals surface area contributed by atoms with Crippen LogP contribution >= 0.6 is 0 Å². The van der Waals surface area contributed by atoms with Gasteiger partial charge in [-0.3, -0.25) is 4.79 Å². The fraction of sp³-hybridized carbons (Fsp3) is 0.280. The molecule has 0 saturated carbocycles. The van der Waals surface area contributed by atoms with Crippen molar-refractivity contribution in [2.24, 2.45) is 5.16 Å². The number of carbonyl (C=O) groups is 1. The molecule has 2 aromatic rings. The summed E-state index contributed by atoms with van der Waals surface area (Å²) >= 11 is 0. The van der Waals surface area contributed by atoms with Gasteiger partial charge in [0.05, 0.1) is 24.0 Å². The summed E-state index contributed by atoms with van der Waals surface area (Å²) in [4.78, 5) is 20.6. The summed E-state index contributed by atoms with van der Waals surface area (Å²) in [5.74, 6) is 0.491. The van der Waals surface area contributed by atoms with E-state index in [9.17, 15) is 9.18 Å². The highest BCUT2D eigenvalue weighted by molar-refractivity contribution is 6.11. The summed E-state index contributed by atoms with van der Waals surface area (Å²) in [6.45, 7) is 2.53. The Hall–Kier alpha value is -4.01. The van der Waals surface area contributed by atoms with Crippen LogP contribution in [0.2, 0.25) is 0 Å². The number of fused-ring (bicyclic) bond motifs is 4. The van der Waals surface area contributed by atoms with E-state index in [0.717, 1.165) is 35.4 Å². The molecule has 0 aliphatic carbocycles. The number of ether oxygens (including phenoxy) is 1. The zero-order valence-corrected chi connectivity index (χ0v) is 19.2. The van der Waals surface area contributed by atoms with Crippen LogP contribution in [0.1, 0.15) is 30.9 Å². The van der Waals surface area contributed by atoms with E-state index in [1.165, 1.54) is 12.1 Å². The molecule has 3 N–H and O–H groups in total. The van der Waals surface area contributed by atoms with Gasteiger partial charge >= 0.3 is 5.72 Å². The monoisotopic (exact) mass is 463 g/mol. The molecule has 0 aromatic heterocycles. The fourth-order valence-corrected chi connectivity index (χ4v) is 4.50. The maximum Gasteiger partial charge on any atom is 0.318 e. The van der Waals surface area contributed by atoms with Crippen LogP contribution in [0.3, 0.4) is 0 Å². The molecule has 3 aliphatic heterocycles. The number of rotatable bonds is 5. The van der Waals surface area contributed by atoms with Gasteiger partial charge in [-0.25, -0.2) is 4.39 Å². The summed E-state index contributed by atoms with van der Waals surface area (Å²) < 4.78 is 19.6. The van der Waals surface area contributed by atoms with Crippen LogP contribution in [0.15, 0.2) is 59.0 Å². The standard InChI is InChI=1S/C25H26FN5O3/c1-15(27-2)14-28-21-8-6-16(12-22(21)33-3)11-17-5-4-10-31-23(17)30-34-25(31)19-13-18(26)7-9-20(19)29-24(25)32/h6-9,11-14,27-28H,4-5,10H2,1-3H3,(H,29,32)/b15-14-,17-11+. The number of anilines is 2. The van der Waals surface area contributed by atoms with Gasteiger partial charge in [0.15, 0.2) is 5.84 Å². The molecule has 2 aromatic carbocycles. The molecule has 0 bridgehead atoms. The molecule has 1 amide bonds. The number of nitrogens with one attached hydrogen (secondary N) is 3. The zero-order chi connectivity index (χ0) is 23.9. The maximum atomic E-state index is 14.1. The van der Waals surface area contributed by atoms with Crippen molar-refractivity contribution in [3.8, 4) is 5.75 Å². The molecule has 3 heterocycles. The number of halogens is 1. The summed E-state index contributed by atoms with van der Waals surface area (Å²) in [7, 11) is 3.49. The average molecular weight is 464 g/mol. The summed E-state index contributed by atoms with van der Waals surface area (Å²) in [5, 5.41) is 13.4. The second-order valence-electron chi connectivity index (χ2n) is 8.40. The summed E-state index contributed by atoms with van der Waals surface area (Å²) in [5.41, 5.74) is 3.20. The van der Waals surface area contributed by atoms with Crippen LogP contribution in [-0.2, 0) is 15.4 Å². The van der Waals surface area contributed by atoms with Crippen LogP contribution in [0, 0.1) is 5.82 Å². The number of piperidine rings is 1. The predicted octanol–water partition coefficient (Wildman–Crippen LogP) is 3.95. The molecule has 1 saturated heterocycles. The third-order valence-electron chi connectivity index (χ3n) is 6.32. The Morgan fingerprint density at radius 2 is 2.18 bits per heavy atom. The quantitative estimate of drug-likeness (QED) is 0.623. The molecular formula is C25H26FN5O3. The first-order chi connectivity index (χ1) is 16.5. The SMILES string of the molecule is CN/C(C)=C\Nc1ccc(/C=C2\CCCN3C2=NOC32C(=O)Nc3ccc(F)cc32)cc1OC. The Balaban J connectivity index is 1.46. The van der Waals surface area contributed by atoms with Gasteiger partial charge in [-0.05, 0) is 67.3 Å². The van der Waals surface area contributed by atoms with Crippen LogP contribution in [0.25, 0.3) is 6.08 Å². The van der Waals surface area contributed by atoms with Crippen molar-refractivity contribution in [1.29, 1.82) is 0 Å². The van der Waals surface area contributed by atoms with Crippen molar-refractivity contribution in [3.05, 3.63) is 70.8 Å². The molecule has 1 atom stereocenters. The molecule has 8 nitrogen and oxygen atoms in total. The molecule has 5 rings (SSSR count). The molecule has 1 fully saturated rings. The highest BCUT2D eigenvalue weighted by atomic mass is 19.1. The number of benzene rings is 2. The average Bonchev–Trinajstić information content (AvgIpc) is 3.37. The van der Waals surface area contributed by atoms with E-state index in [0.29, 0.717) is 29.4 Å². The normalized spacial score (nSPS) is 22.2. The van der Waals surface area contributed by atoms with Crippen LogP contribution in [0.5, 0.6) is 5.75 Å². The predicted molar refractivity (Wildman–Crippen MR) is 129 cm³/mol. The first kappa shape index (κ1) is 21.8. The molecule has 1 unspecified atom stereocenters. The second kappa shape index (κ2) is 8.40. The van der Waals surface area contributed by atoms with Crippen molar-refractivity contribution in [3.63, 3.8) is 0 Å². The van der Waals surface area contributed by atoms with Gasteiger partial charge < -0.3 is 30.4 Å². The summed E-state index contributed by atoms with van der Waals surface area (Å²) in [6, 6.07) is 10.1. The largest absolute Gasteiger partial charge is 0.495 e. The zero-order valence-electron chi connectivity index (χ0n) is 19.2. The Morgan fingerprint density at radius 3 is 2.97 bits per heavy atom. The molecule has 34 heavy (non-hydrogen) atoms. The lowest BCUT2D eigenvalue weighted by Crippen LogP contribution is -2.52. The van der Waals surface area contributed by atoms with Gasteiger partial charge in [0, 0.05) is 25.5 Å². The molecule has 176 valence electrons. The lowest BCUT2D eigenvalue weighted by molar-refractivity contribution is -0.155. The van der Waals surface area contributed by atoms with Crippen molar-refractivity contribution in [2.75, 3.05) is 31.3 Å². The minimum Gasteiger partial charge on any atom is -0.495 e. The van der Waals surface area contributed by atoms with E-state index in [1.54, 1.807) is 13.2 Å². The van der Waals surface area contributed by atoms with Crippen molar-refractivity contribution in [2.45, 2.75) is 25.5 Å². The Morgan fingerprint density at radius 1 is 1.32 bits per heavy atom. The van der Waals surface area contributed by atoms with Gasteiger partial charge in [0.1, 0.15) is 11.6 Å². The van der Waals surface area contributed by atoms with Gasteiger partial charge in [-0.2, -0.15) is 0 Å². The van der Waals surface area contributed by atoms with Gasteiger partial charge in [-0.15, -0.1) is 0 Å². The lowest BCUT2D eigenvalue weighted by atomic mass is 9.95. The van der Waals surface area contributed by atoms with E-state index in [1.807, 2.05) is 49.3 Å². The number of hydrogen-bond acceptors (Lipinski definition) is 7. The number of hydrogen-bond donors (Lipinski definition) is 3. The number of amides is 1. The fourth-order valence-electron chi connectivity index (χ4n) is 4.50. The van der Waals surface area contributed by atoms with Crippen molar-refractivity contribution >= 4 is 29.2 Å². The van der Waals surface area contributed by atoms with Gasteiger partial charge in [-0.1, -0.05) is 11.2 Å². The molecule has 1 spiro atoms. The molecule has 3 aliphatic rings. The molecule has 0 radical (unpaired) electrons. The van der Waals surface area contributed by atoms with Crippen LogP contribution in [-0.4, -0.2) is 37.3 Å². The minimum atomic E-state index is -1.48. The van der Waals surface area contributed by atoms with E-state index < -0.39 is 11.5 Å². The highest BCUT2D eigenvalue weighted by Crippen LogP contribution is 2.47. The lowest BCUT2D eigenvalue weighted by Gasteiger charge is -2.35. The van der Waals surface area contributed by atoms with Crippen molar-refractivity contribution < 1.29 is 18.8 Å². The number of methoxy groups -OCH3 is 1. The smallest absolute Gasteiger partial charge is 0.318 e. The number of carbonyl (C=O) groups excluding carboxylic acids is 1. The van der Waals surface area contributed by atoms with E-state index in [-0.39, 0.29) is 5.91 Å². The van der Waals surface area contributed by atoms with E-state index in [2.05, 4.69) is 21.1 Å². The van der Waals surface area contributed by atoms with Gasteiger partial charge in [0.25, 0.3) is 5.91 Å². The number of allylic oxidation sites excluding steroid dienone is 1. The van der Waals surface area contributed by atoms with Crippen molar-refractivity contribution in [1.82, 2.24) is 10.2 Å². The Kier molecular flexibility index (Phi) is 5.39.